The van der Waals surface area contributed by atoms with Crippen LogP contribution >= 0.6 is 0 Å². The van der Waals surface area contributed by atoms with Crippen molar-refractivity contribution in [2.75, 3.05) is 4.90 Å². The van der Waals surface area contributed by atoms with E-state index in [9.17, 15) is 0 Å². The molecule has 0 fully saturated rings. The highest BCUT2D eigenvalue weighted by Crippen LogP contribution is 2.51. The zero-order valence-corrected chi connectivity index (χ0v) is 36.2. The molecule has 0 amide bonds. The van der Waals surface area contributed by atoms with E-state index < -0.39 is 0 Å². The van der Waals surface area contributed by atoms with Crippen LogP contribution in [0, 0.1) is 0 Å². The van der Waals surface area contributed by atoms with E-state index in [2.05, 4.69) is 237 Å². The molecule has 1 heterocycles. The van der Waals surface area contributed by atoms with Gasteiger partial charge in [0.25, 0.3) is 0 Å². The quantitative estimate of drug-likeness (QED) is 0.155. The summed E-state index contributed by atoms with van der Waals surface area (Å²) >= 11 is 0. The van der Waals surface area contributed by atoms with Crippen molar-refractivity contribution in [2.45, 2.75) is 19.3 Å². The fourth-order valence-corrected chi connectivity index (χ4v) is 10.9. The Morgan fingerprint density at radius 1 is 0.308 bits per heavy atom. The van der Waals surface area contributed by atoms with E-state index in [-0.39, 0.29) is 5.41 Å². The largest absolute Gasteiger partial charge is 0.456 e. The van der Waals surface area contributed by atoms with Crippen molar-refractivity contribution in [3.8, 4) is 44.5 Å². The first kappa shape index (κ1) is 37.4. The van der Waals surface area contributed by atoms with Gasteiger partial charge in [-0.3, -0.25) is 0 Å². The normalized spacial score (nSPS) is 12.9. The van der Waals surface area contributed by atoms with Crippen molar-refractivity contribution < 1.29 is 4.42 Å². The highest BCUT2D eigenvalue weighted by molar-refractivity contribution is 6.34. The van der Waals surface area contributed by atoms with Crippen LogP contribution in [0.2, 0.25) is 0 Å². The molecule has 0 atom stereocenters. The molecule has 0 bridgehead atoms. The Bertz CT molecular complexity index is 3780. The molecule has 0 radical (unpaired) electrons. The molecular weight excluding hydrogens is 787 g/mol. The molecule has 0 N–H and O–H groups in total. The van der Waals surface area contributed by atoms with Crippen LogP contribution in [0.3, 0.4) is 0 Å². The molecule has 12 aromatic rings. The molecule has 1 aliphatic carbocycles. The summed E-state index contributed by atoms with van der Waals surface area (Å²) in [4.78, 5) is 2.45. The number of fused-ring (bicyclic) bond motifs is 13. The summed E-state index contributed by atoms with van der Waals surface area (Å²) in [5, 5.41) is 9.78. The van der Waals surface area contributed by atoms with Crippen LogP contribution in [0.15, 0.2) is 229 Å². The zero-order chi connectivity index (χ0) is 43.2. The van der Waals surface area contributed by atoms with E-state index in [4.69, 9.17) is 4.42 Å². The van der Waals surface area contributed by atoms with Crippen LogP contribution in [0.4, 0.5) is 17.1 Å². The number of benzene rings is 11. The molecule has 0 aliphatic heterocycles. The van der Waals surface area contributed by atoms with Gasteiger partial charge < -0.3 is 9.32 Å². The first-order valence-electron chi connectivity index (χ1n) is 22.6. The minimum absolute atomic E-state index is 0.138. The fourth-order valence-electron chi connectivity index (χ4n) is 10.9. The fraction of sp³-hybridized carbons (Fsp3) is 0.0476. The summed E-state index contributed by atoms with van der Waals surface area (Å²) in [6, 6.07) is 82.3. The number of rotatable bonds is 6. The van der Waals surface area contributed by atoms with Gasteiger partial charge in [0, 0.05) is 38.6 Å². The van der Waals surface area contributed by atoms with Crippen molar-refractivity contribution in [1.29, 1.82) is 0 Å². The summed E-state index contributed by atoms with van der Waals surface area (Å²) in [6.45, 7) is 4.72. The summed E-state index contributed by atoms with van der Waals surface area (Å²) in [6.07, 6.45) is 0. The Hall–Kier alpha value is -8.20. The third-order valence-electron chi connectivity index (χ3n) is 14.0. The Balaban J connectivity index is 0.990. The van der Waals surface area contributed by atoms with Gasteiger partial charge in [0.15, 0.2) is 0 Å². The van der Waals surface area contributed by atoms with Gasteiger partial charge in [0.05, 0.1) is 0 Å². The van der Waals surface area contributed by atoms with Crippen molar-refractivity contribution in [3.63, 3.8) is 0 Å². The lowest BCUT2D eigenvalue weighted by Gasteiger charge is -2.29. The van der Waals surface area contributed by atoms with Gasteiger partial charge in [-0.05, 0) is 149 Å². The second-order valence-corrected chi connectivity index (χ2v) is 18.0. The average molecular weight is 830 g/mol. The molecule has 65 heavy (non-hydrogen) atoms. The van der Waals surface area contributed by atoms with Crippen molar-refractivity contribution in [3.05, 3.63) is 236 Å². The van der Waals surface area contributed by atoms with Crippen LogP contribution < -0.4 is 4.90 Å². The van der Waals surface area contributed by atoms with E-state index >= 15 is 0 Å². The number of hydrogen-bond donors (Lipinski definition) is 0. The van der Waals surface area contributed by atoms with Gasteiger partial charge in [0.1, 0.15) is 11.2 Å². The van der Waals surface area contributed by atoms with Gasteiger partial charge in [-0.15, -0.1) is 0 Å². The van der Waals surface area contributed by atoms with Crippen molar-refractivity contribution in [2.24, 2.45) is 0 Å². The zero-order valence-electron chi connectivity index (χ0n) is 36.2. The first-order valence-corrected chi connectivity index (χ1v) is 22.6. The standard InChI is InChI=1S/C63H43NO/c1-63(2)57-23-13-11-20-51(57)52-32-30-47(39-58(52)63)64(48-36-44(40-15-5-3-6-16-40)35-45(37-48)41-17-7-4-8-18-41)46-28-25-42(26-29-46)43-27-31-50-49-19-9-10-21-53(49)61-54(56(50)38-43)33-34-60-62(61)55-22-12-14-24-59(55)65-60/h3-39H,1-2H3. The molecule has 1 aromatic heterocycles. The lowest BCUT2D eigenvalue weighted by Crippen LogP contribution is -2.16. The van der Waals surface area contributed by atoms with Crippen LogP contribution in [-0.4, -0.2) is 0 Å². The van der Waals surface area contributed by atoms with Crippen LogP contribution in [0.5, 0.6) is 0 Å². The van der Waals surface area contributed by atoms with Crippen molar-refractivity contribution >= 4 is 71.3 Å². The average Bonchev–Trinajstić information content (AvgIpc) is 3.86. The minimum atomic E-state index is -0.138. The molecule has 0 unspecified atom stereocenters. The topological polar surface area (TPSA) is 16.4 Å². The predicted octanol–water partition coefficient (Wildman–Crippen LogP) is 17.8. The molecule has 0 saturated heterocycles. The molecule has 0 saturated carbocycles. The number of para-hydroxylation sites is 1. The Morgan fingerprint density at radius 2 is 0.862 bits per heavy atom. The highest BCUT2D eigenvalue weighted by Gasteiger charge is 2.36. The van der Waals surface area contributed by atoms with Gasteiger partial charge >= 0.3 is 0 Å². The molecule has 11 aromatic carbocycles. The molecule has 2 heteroatoms. The monoisotopic (exact) mass is 829 g/mol. The second kappa shape index (κ2) is 14.4. The molecule has 13 rings (SSSR count). The Morgan fingerprint density at radius 3 is 1.62 bits per heavy atom. The van der Waals surface area contributed by atoms with E-state index in [1.807, 2.05) is 6.07 Å². The first-order chi connectivity index (χ1) is 32.0. The number of anilines is 3. The van der Waals surface area contributed by atoms with Crippen LogP contribution in [0.25, 0.3) is 98.8 Å². The number of furan rings is 1. The third-order valence-corrected chi connectivity index (χ3v) is 14.0. The van der Waals surface area contributed by atoms with Crippen molar-refractivity contribution in [1.82, 2.24) is 0 Å². The van der Waals surface area contributed by atoms with Gasteiger partial charge in [-0.25, -0.2) is 0 Å². The summed E-state index contributed by atoms with van der Waals surface area (Å²) in [7, 11) is 0. The minimum Gasteiger partial charge on any atom is -0.456 e. The van der Waals surface area contributed by atoms with Crippen LogP contribution in [-0.2, 0) is 5.41 Å². The van der Waals surface area contributed by atoms with E-state index in [0.717, 1.165) is 33.6 Å². The molecule has 2 nitrogen and oxygen atoms in total. The number of nitrogens with zero attached hydrogens (tertiary/aromatic N) is 1. The summed E-state index contributed by atoms with van der Waals surface area (Å²) < 4.78 is 6.41. The maximum Gasteiger partial charge on any atom is 0.136 e. The predicted molar refractivity (Wildman–Crippen MR) is 275 cm³/mol. The lowest BCUT2D eigenvalue weighted by molar-refractivity contribution is 0.660. The lowest BCUT2D eigenvalue weighted by atomic mass is 9.82. The maximum atomic E-state index is 6.41. The molecule has 0 spiro atoms. The van der Waals surface area contributed by atoms with Crippen LogP contribution in [0.1, 0.15) is 25.0 Å². The summed E-state index contributed by atoms with van der Waals surface area (Å²) in [5.74, 6) is 0. The Labute approximate surface area is 378 Å². The van der Waals surface area contributed by atoms with Gasteiger partial charge in [0.2, 0.25) is 0 Å². The molecular formula is C63H43NO. The molecule has 1 aliphatic rings. The van der Waals surface area contributed by atoms with E-state index in [0.29, 0.717) is 0 Å². The highest BCUT2D eigenvalue weighted by atomic mass is 16.3. The van der Waals surface area contributed by atoms with Gasteiger partial charge in [-0.2, -0.15) is 0 Å². The smallest absolute Gasteiger partial charge is 0.136 e. The third kappa shape index (κ3) is 5.88. The Kier molecular flexibility index (Phi) is 8.29. The van der Waals surface area contributed by atoms with E-state index in [1.54, 1.807) is 0 Å². The number of hydrogen-bond acceptors (Lipinski definition) is 2. The maximum absolute atomic E-state index is 6.41. The SMILES string of the molecule is CC1(C)c2ccccc2-c2ccc(N(c3ccc(-c4ccc5c6ccccc6c6c(ccc7oc8ccccc8c76)c5c4)cc3)c3cc(-c4ccccc4)cc(-c4ccccc4)c3)cc21. The summed E-state index contributed by atoms with van der Waals surface area (Å²) in [5.41, 5.74) is 17.4. The van der Waals surface area contributed by atoms with Gasteiger partial charge in [-0.1, -0.05) is 172 Å². The van der Waals surface area contributed by atoms with E-state index in [1.165, 1.54) is 93.3 Å². The second-order valence-electron chi connectivity index (χ2n) is 18.0. The molecule has 306 valence electrons.